The largest absolute Gasteiger partial charge is 0.368 e. The van der Waals surface area contributed by atoms with Crippen LogP contribution in [0.25, 0.3) is 11.0 Å². The third-order valence-electron chi connectivity index (χ3n) is 5.08. The third-order valence-corrected chi connectivity index (χ3v) is 5.08. The summed E-state index contributed by atoms with van der Waals surface area (Å²) in [5.41, 5.74) is 2.03. The van der Waals surface area contributed by atoms with Gasteiger partial charge in [-0.25, -0.2) is 4.79 Å². The molecule has 2 aliphatic rings. The number of imidazole rings is 1. The van der Waals surface area contributed by atoms with E-state index in [0.717, 1.165) is 23.9 Å². The summed E-state index contributed by atoms with van der Waals surface area (Å²) in [5.74, 6) is 0.0860. The van der Waals surface area contributed by atoms with Crippen LogP contribution < -0.4 is 5.69 Å². The molecular weight excluding hydrogens is 336 g/mol. The van der Waals surface area contributed by atoms with Crippen molar-refractivity contribution in [2.45, 2.75) is 25.4 Å². The first kappa shape index (κ1) is 16.8. The van der Waals surface area contributed by atoms with Crippen molar-refractivity contribution in [2.75, 3.05) is 32.8 Å². The number of aromatic amines is 2. The minimum Gasteiger partial charge on any atom is -0.368 e. The number of H-pyrrole nitrogens is 2. The van der Waals surface area contributed by atoms with E-state index < -0.39 is 0 Å². The average Bonchev–Trinajstić information content (AvgIpc) is 3.29. The average molecular weight is 358 g/mol. The van der Waals surface area contributed by atoms with Gasteiger partial charge in [0.05, 0.1) is 17.5 Å². The van der Waals surface area contributed by atoms with Crippen molar-refractivity contribution < 1.29 is 14.3 Å². The van der Waals surface area contributed by atoms with Gasteiger partial charge in [-0.15, -0.1) is 0 Å². The number of nitrogens with zero attached hydrogens (tertiary/aromatic N) is 2. The number of benzene rings is 1. The Kier molecular flexibility index (Phi) is 4.50. The van der Waals surface area contributed by atoms with Gasteiger partial charge in [0.15, 0.2) is 0 Å². The molecule has 2 amide bonds. The number of carbonyl (C=O) groups excluding carboxylic acids is 2. The molecule has 2 N–H and O–H groups in total. The molecule has 8 heteroatoms. The summed E-state index contributed by atoms with van der Waals surface area (Å²) < 4.78 is 5.46. The predicted molar refractivity (Wildman–Crippen MR) is 94.8 cm³/mol. The van der Waals surface area contributed by atoms with Crippen LogP contribution in [0, 0.1) is 0 Å². The molecule has 2 fully saturated rings. The molecule has 0 bridgehead atoms. The van der Waals surface area contributed by atoms with Crippen molar-refractivity contribution in [1.82, 2.24) is 19.8 Å². The fourth-order valence-corrected chi connectivity index (χ4v) is 3.63. The predicted octanol–water partition coefficient (Wildman–Crippen LogP) is 0.249. The molecule has 1 aromatic carbocycles. The van der Waals surface area contributed by atoms with Crippen molar-refractivity contribution in [2.24, 2.45) is 0 Å². The Balaban J connectivity index is 1.34. The van der Waals surface area contributed by atoms with Crippen LogP contribution in [0.5, 0.6) is 0 Å². The van der Waals surface area contributed by atoms with Gasteiger partial charge >= 0.3 is 5.69 Å². The van der Waals surface area contributed by atoms with Gasteiger partial charge in [0.25, 0.3) is 5.91 Å². The van der Waals surface area contributed by atoms with Crippen molar-refractivity contribution >= 4 is 22.8 Å². The Labute approximate surface area is 150 Å². The molecule has 4 rings (SSSR count). The van der Waals surface area contributed by atoms with Crippen molar-refractivity contribution in [1.29, 1.82) is 0 Å². The van der Waals surface area contributed by atoms with E-state index in [2.05, 4.69) is 9.97 Å². The molecule has 138 valence electrons. The first-order chi connectivity index (χ1) is 12.6. The number of ether oxygens (including phenoxy) is 1. The monoisotopic (exact) mass is 358 g/mol. The molecule has 2 saturated heterocycles. The number of carbonyl (C=O) groups is 2. The minimum atomic E-state index is -0.299. The number of rotatable bonds is 3. The molecule has 1 aromatic heterocycles. The van der Waals surface area contributed by atoms with Crippen LogP contribution in [-0.4, -0.2) is 70.5 Å². The summed E-state index contributed by atoms with van der Waals surface area (Å²) in [5, 5.41) is 0. The summed E-state index contributed by atoms with van der Waals surface area (Å²) >= 11 is 0. The molecule has 0 spiro atoms. The standard InChI is InChI=1S/C18H22N4O4/c23-16(11-12-3-4-13-14(10-12)20-18(25)19-13)21-5-7-22(8-6-21)17(24)15-2-1-9-26-15/h3-4,10,15H,1-2,5-9,11H2,(H2,19,20,25). The van der Waals surface area contributed by atoms with Crippen molar-refractivity contribution in [3.8, 4) is 0 Å². The number of piperazine rings is 1. The number of nitrogens with one attached hydrogen (secondary N) is 2. The second kappa shape index (κ2) is 6.95. The molecule has 0 saturated carbocycles. The highest BCUT2D eigenvalue weighted by atomic mass is 16.5. The number of fused-ring (bicyclic) bond motifs is 1. The lowest BCUT2D eigenvalue weighted by Crippen LogP contribution is -2.53. The zero-order valence-electron chi connectivity index (χ0n) is 14.5. The maximum atomic E-state index is 12.6. The van der Waals surface area contributed by atoms with E-state index in [4.69, 9.17) is 4.74 Å². The molecule has 0 radical (unpaired) electrons. The van der Waals surface area contributed by atoms with E-state index in [9.17, 15) is 14.4 Å². The lowest BCUT2D eigenvalue weighted by molar-refractivity contribution is -0.145. The number of aromatic nitrogens is 2. The maximum absolute atomic E-state index is 12.6. The van der Waals surface area contributed by atoms with Crippen LogP contribution >= 0.6 is 0 Å². The smallest absolute Gasteiger partial charge is 0.323 e. The van der Waals surface area contributed by atoms with Gasteiger partial charge in [-0.2, -0.15) is 0 Å². The topological polar surface area (TPSA) is 98.5 Å². The zero-order chi connectivity index (χ0) is 18.1. The molecule has 2 aromatic rings. The van der Waals surface area contributed by atoms with Crippen LogP contribution in [0.2, 0.25) is 0 Å². The number of hydrogen-bond acceptors (Lipinski definition) is 4. The highest BCUT2D eigenvalue weighted by Gasteiger charge is 2.31. The summed E-state index contributed by atoms with van der Waals surface area (Å²) in [6, 6.07) is 5.47. The summed E-state index contributed by atoms with van der Waals surface area (Å²) in [6.07, 6.45) is 1.71. The van der Waals surface area contributed by atoms with Gasteiger partial charge in [-0.1, -0.05) is 6.07 Å². The number of amides is 2. The van der Waals surface area contributed by atoms with Gasteiger partial charge in [0.1, 0.15) is 6.10 Å². The Morgan fingerprint density at radius 3 is 2.54 bits per heavy atom. The van der Waals surface area contributed by atoms with Gasteiger partial charge in [-0.05, 0) is 30.5 Å². The van der Waals surface area contributed by atoms with Crippen molar-refractivity contribution in [3.63, 3.8) is 0 Å². The second-order valence-corrected chi connectivity index (χ2v) is 6.84. The molecule has 0 aliphatic carbocycles. The van der Waals surface area contributed by atoms with Crippen LogP contribution in [0.4, 0.5) is 0 Å². The molecule has 26 heavy (non-hydrogen) atoms. The maximum Gasteiger partial charge on any atom is 0.323 e. The molecule has 2 aliphatic heterocycles. The lowest BCUT2D eigenvalue weighted by Gasteiger charge is -2.35. The van der Waals surface area contributed by atoms with E-state index in [0.29, 0.717) is 38.3 Å². The van der Waals surface area contributed by atoms with Gasteiger partial charge in [0, 0.05) is 32.8 Å². The van der Waals surface area contributed by atoms with Crippen LogP contribution in [0.3, 0.4) is 0 Å². The van der Waals surface area contributed by atoms with Gasteiger partial charge in [-0.3, -0.25) is 9.59 Å². The minimum absolute atomic E-state index is 0.0337. The zero-order valence-corrected chi connectivity index (χ0v) is 14.5. The highest BCUT2D eigenvalue weighted by Crippen LogP contribution is 2.17. The summed E-state index contributed by atoms with van der Waals surface area (Å²) in [7, 11) is 0. The third kappa shape index (κ3) is 3.37. The normalized spacial score (nSPS) is 20.7. The lowest BCUT2D eigenvalue weighted by atomic mass is 10.1. The summed E-state index contributed by atoms with van der Waals surface area (Å²) in [6.45, 7) is 2.84. The Hall–Kier alpha value is -2.61. The van der Waals surface area contributed by atoms with Crippen LogP contribution in [0.15, 0.2) is 23.0 Å². The Morgan fingerprint density at radius 1 is 1.08 bits per heavy atom. The van der Waals surface area contributed by atoms with Crippen LogP contribution in [0.1, 0.15) is 18.4 Å². The molecule has 3 heterocycles. The quantitative estimate of drug-likeness (QED) is 0.822. The Bertz CT molecular complexity index is 873. The van der Waals surface area contributed by atoms with E-state index >= 15 is 0 Å². The highest BCUT2D eigenvalue weighted by molar-refractivity contribution is 5.83. The molecule has 1 unspecified atom stereocenters. The molecule has 8 nitrogen and oxygen atoms in total. The van der Waals surface area contributed by atoms with Gasteiger partial charge < -0.3 is 24.5 Å². The number of hydrogen-bond donors (Lipinski definition) is 2. The molecule has 1 atom stereocenters. The van der Waals surface area contributed by atoms with E-state index in [1.54, 1.807) is 15.9 Å². The van der Waals surface area contributed by atoms with E-state index in [-0.39, 0.29) is 30.0 Å². The van der Waals surface area contributed by atoms with E-state index in [1.807, 2.05) is 12.1 Å². The van der Waals surface area contributed by atoms with Gasteiger partial charge in [0.2, 0.25) is 5.91 Å². The first-order valence-electron chi connectivity index (χ1n) is 8.99. The fraction of sp³-hybridized carbons (Fsp3) is 0.500. The second-order valence-electron chi connectivity index (χ2n) is 6.84. The van der Waals surface area contributed by atoms with Crippen molar-refractivity contribution in [3.05, 3.63) is 34.2 Å². The first-order valence-corrected chi connectivity index (χ1v) is 8.99. The molecular formula is C18H22N4O4. The Morgan fingerprint density at radius 2 is 1.81 bits per heavy atom. The van der Waals surface area contributed by atoms with E-state index in [1.165, 1.54) is 0 Å². The fourth-order valence-electron chi connectivity index (χ4n) is 3.63. The summed E-state index contributed by atoms with van der Waals surface area (Å²) in [4.78, 5) is 45.2. The van der Waals surface area contributed by atoms with Crippen LogP contribution in [-0.2, 0) is 20.7 Å². The SMILES string of the molecule is O=C(Cc1ccc2[nH]c(=O)[nH]c2c1)N1CCN(C(=O)C2CCCO2)CC1.